The van der Waals surface area contributed by atoms with Gasteiger partial charge >= 0.3 is 5.97 Å². The van der Waals surface area contributed by atoms with Crippen molar-refractivity contribution in [3.8, 4) is 6.07 Å². The van der Waals surface area contributed by atoms with E-state index in [4.69, 9.17) is 40.1 Å². The van der Waals surface area contributed by atoms with Gasteiger partial charge in [0.25, 0.3) is 0 Å². The first-order valence-corrected chi connectivity index (χ1v) is 6.18. The smallest absolute Gasteiger partial charge is 0.369 e. The predicted octanol–water partition coefficient (Wildman–Crippen LogP) is 3.50. The Morgan fingerprint density at radius 2 is 2.00 bits per heavy atom. The molecule has 5 nitrogen and oxygen atoms in total. The molecule has 0 saturated heterocycles. The summed E-state index contributed by atoms with van der Waals surface area (Å²) in [5.74, 6) is -0.835. The number of ether oxygens (including phenoxy) is 1. The first-order chi connectivity index (χ1) is 8.99. The van der Waals surface area contributed by atoms with Crippen molar-refractivity contribution in [3.63, 3.8) is 0 Å². The van der Waals surface area contributed by atoms with Crippen LogP contribution < -0.4 is 5.43 Å². The minimum atomic E-state index is -0.835. The van der Waals surface area contributed by atoms with Gasteiger partial charge in [0, 0.05) is 5.02 Å². The molecule has 0 aliphatic heterocycles. The molecule has 8 heteroatoms. The van der Waals surface area contributed by atoms with Crippen molar-refractivity contribution in [2.75, 3.05) is 12.0 Å². The van der Waals surface area contributed by atoms with Crippen LogP contribution in [0.4, 0.5) is 5.69 Å². The first-order valence-electron chi connectivity index (χ1n) is 5.05. The number of anilines is 1. The first kappa shape index (κ1) is 15.6. The van der Waals surface area contributed by atoms with Crippen LogP contribution in [0.2, 0.25) is 15.1 Å². The van der Waals surface area contributed by atoms with Crippen LogP contribution in [-0.2, 0) is 9.53 Å². The molecule has 1 aromatic carbocycles. The van der Waals surface area contributed by atoms with E-state index in [0.717, 1.165) is 0 Å². The number of rotatable bonds is 4. The van der Waals surface area contributed by atoms with Gasteiger partial charge in [-0.2, -0.15) is 10.4 Å². The highest BCUT2D eigenvalue weighted by molar-refractivity contribution is 6.44. The van der Waals surface area contributed by atoms with Gasteiger partial charge in [-0.15, -0.1) is 0 Å². The van der Waals surface area contributed by atoms with Crippen LogP contribution >= 0.6 is 34.8 Å². The molecule has 0 spiro atoms. The summed E-state index contributed by atoms with van der Waals surface area (Å²) in [5.41, 5.74) is 2.24. The fourth-order valence-corrected chi connectivity index (χ4v) is 1.98. The number of hydrogen-bond donors (Lipinski definition) is 1. The van der Waals surface area contributed by atoms with Crippen molar-refractivity contribution in [3.05, 3.63) is 27.2 Å². The second kappa shape index (κ2) is 7.19. The van der Waals surface area contributed by atoms with E-state index < -0.39 is 11.7 Å². The molecule has 0 aliphatic rings. The van der Waals surface area contributed by atoms with Gasteiger partial charge in [0.15, 0.2) is 0 Å². The average molecular weight is 321 g/mol. The molecule has 0 unspecified atom stereocenters. The number of benzene rings is 1. The molecule has 0 saturated carbocycles. The fraction of sp³-hybridized carbons (Fsp3) is 0.182. The number of esters is 1. The quantitative estimate of drug-likeness (QED) is 0.523. The highest BCUT2D eigenvalue weighted by Crippen LogP contribution is 2.33. The Balaban J connectivity index is 2.97. The molecule has 0 amide bonds. The van der Waals surface area contributed by atoms with Gasteiger partial charge in [-0.3, -0.25) is 5.43 Å². The Morgan fingerprint density at radius 3 is 2.47 bits per heavy atom. The van der Waals surface area contributed by atoms with Crippen LogP contribution in [0.1, 0.15) is 6.92 Å². The molecule has 0 aromatic heterocycles. The largest absolute Gasteiger partial charge is 0.461 e. The van der Waals surface area contributed by atoms with E-state index in [0.29, 0.717) is 5.02 Å². The van der Waals surface area contributed by atoms with Crippen LogP contribution in [0.15, 0.2) is 17.2 Å². The average Bonchev–Trinajstić information content (AvgIpc) is 2.32. The molecule has 0 bridgehead atoms. The summed E-state index contributed by atoms with van der Waals surface area (Å²) in [4.78, 5) is 11.3. The lowest BCUT2D eigenvalue weighted by Crippen LogP contribution is -2.17. The second-order valence-corrected chi connectivity index (χ2v) is 4.40. The zero-order valence-electron chi connectivity index (χ0n) is 9.71. The van der Waals surface area contributed by atoms with Crippen molar-refractivity contribution in [2.24, 2.45) is 5.10 Å². The molecule has 0 fully saturated rings. The van der Waals surface area contributed by atoms with Gasteiger partial charge < -0.3 is 4.74 Å². The molecule has 100 valence electrons. The number of hydrazone groups is 1. The number of nitrogens with zero attached hydrogens (tertiary/aromatic N) is 2. The molecule has 19 heavy (non-hydrogen) atoms. The SMILES string of the molecule is CCOC(=O)/C(C#N)=N/Nc1c(Cl)cc(Cl)cc1Cl. The molecule has 1 rings (SSSR count). The lowest BCUT2D eigenvalue weighted by atomic mass is 10.3. The van der Waals surface area contributed by atoms with Crippen LogP contribution in [0.5, 0.6) is 0 Å². The van der Waals surface area contributed by atoms with E-state index in [9.17, 15) is 4.79 Å². The predicted molar refractivity (Wildman–Crippen MR) is 74.8 cm³/mol. The number of hydrogen-bond acceptors (Lipinski definition) is 5. The molecular formula is C11H8Cl3N3O2. The van der Waals surface area contributed by atoms with E-state index in [-0.39, 0.29) is 22.3 Å². The topological polar surface area (TPSA) is 74.5 Å². The Hall–Kier alpha value is -1.48. The van der Waals surface area contributed by atoms with Crippen molar-refractivity contribution in [1.82, 2.24) is 0 Å². The Labute approximate surface area is 124 Å². The van der Waals surface area contributed by atoms with Gasteiger partial charge in [-0.05, 0) is 19.1 Å². The van der Waals surface area contributed by atoms with E-state index in [1.165, 1.54) is 12.1 Å². The van der Waals surface area contributed by atoms with Gasteiger partial charge in [-0.25, -0.2) is 4.79 Å². The molecular weight excluding hydrogens is 312 g/mol. The summed E-state index contributed by atoms with van der Waals surface area (Å²) in [6.45, 7) is 1.76. The molecule has 1 N–H and O–H groups in total. The fourth-order valence-electron chi connectivity index (χ4n) is 1.08. The summed E-state index contributed by atoms with van der Waals surface area (Å²) in [7, 11) is 0. The second-order valence-electron chi connectivity index (χ2n) is 3.15. The van der Waals surface area contributed by atoms with Crippen molar-refractivity contribution >= 4 is 52.2 Å². The third-order valence-corrected chi connectivity index (χ3v) is 2.68. The summed E-state index contributed by atoms with van der Waals surface area (Å²) in [6, 6.07) is 4.50. The zero-order valence-corrected chi connectivity index (χ0v) is 12.0. The Morgan fingerprint density at radius 1 is 1.42 bits per heavy atom. The number of nitriles is 1. The minimum Gasteiger partial charge on any atom is -0.461 e. The zero-order chi connectivity index (χ0) is 14.4. The molecule has 1 aromatic rings. The van der Waals surface area contributed by atoms with E-state index in [1.54, 1.807) is 13.0 Å². The maximum atomic E-state index is 11.3. The van der Waals surface area contributed by atoms with Crippen LogP contribution in [0.25, 0.3) is 0 Å². The van der Waals surface area contributed by atoms with Crippen LogP contribution in [0.3, 0.4) is 0 Å². The lowest BCUT2D eigenvalue weighted by molar-refractivity contribution is -0.134. The highest BCUT2D eigenvalue weighted by atomic mass is 35.5. The van der Waals surface area contributed by atoms with Gasteiger partial charge in [0.05, 0.1) is 22.3 Å². The number of carbonyl (C=O) groups is 1. The molecule has 0 heterocycles. The molecule has 0 radical (unpaired) electrons. The summed E-state index contributed by atoms with van der Waals surface area (Å²) in [5, 5.41) is 13.2. The van der Waals surface area contributed by atoms with Gasteiger partial charge in [-0.1, -0.05) is 34.8 Å². The van der Waals surface area contributed by atoms with Crippen LogP contribution in [0, 0.1) is 11.3 Å². The summed E-state index contributed by atoms with van der Waals surface area (Å²) in [6.07, 6.45) is 0. The Kier molecular flexibility index (Phi) is 5.90. The Bertz CT molecular complexity index is 544. The van der Waals surface area contributed by atoms with Crippen molar-refractivity contribution < 1.29 is 9.53 Å². The maximum Gasteiger partial charge on any atom is 0.369 e. The van der Waals surface area contributed by atoms with E-state index in [1.807, 2.05) is 0 Å². The normalized spacial score (nSPS) is 10.8. The van der Waals surface area contributed by atoms with Gasteiger partial charge in [0.2, 0.25) is 5.71 Å². The van der Waals surface area contributed by atoms with E-state index >= 15 is 0 Å². The van der Waals surface area contributed by atoms with Crippen molar-refractivity contribution in [1.29, 1.82) is 5.26 Å². The molecule has 0 atom stereocenters. The molecule has 0 aliphatic carbocycles. The third kappa shape index (κ3) is 4.28. The lowest BCUT2D eigenvalue weighted by Gasteiger charge is -2.07. The van der Waals surface area contributed by atoms with Crippen molar-refractivity contribution in [2.45, 2.75) is 6.92 Å². The number of halogens is 3. The summed E-state index contributed by atoms with van der Waals surface area (Å²) >= 11 is 17.5. The maximum absolute atomic E-state index is 11.3. The standard InChI is InChI=1S/C11H8Cl3N3O2/c1-2-19-11(18)9(5-15)16-17-10-7(13)3-6(12)4-8(10)14/h3-4,17H,2H2,1H3/b16-9+. The highest BCUT2D eigenvalue weighted by Gasteiger charge is 2.13. The number of nitrogens with one attached hydrogen (secondary N) is 1. The summed E-state index contributed by atoms with van der Waals surface area (Å²) < 4.78 is 4.64. The van der Waals surface area contributed by atoms with Gasteiger partial charge in [0.1, 0.15) is 6.07 Å². The monoisotopic (exact) mass is 319 g/mol. The minimum absolute atomic E-state index is 0.141. The third-order valence-electron chi connectivity index (χ3n) is 1.86. The van der Waals surface area contributed by atoms with Crippen LogP contribution in [-0.4, -0.2) is 18.3 Å². The van der Waals surface area contributed by atoms with E-state index in [2.05, 4.69) is 15.3 Å². The number of carbonyl (C=O) groups excluding carboxylic acids is 1.